The van der Waals surface area contributed by atoms with Crippen LogP contribution in [0.2, 0.25) is 0 Å². The van der Waals surface area contributed by atoms with Crippen molar-refractivity contribution in [3.8, 4) is 0 Å². The first-order valence-corrected chi connectivity index (χ1v) is 6.63. The average Bonchev–Trinajstić information content (AvgIpc) is 2.23. The molecule has 1 aliphatic rings. The van der Waals surface area contributed by atoms with Crippen molar-refractivity contribution in [2.24, 2.45) is 0 Å². The summed E-state index contributed by atoms with van der Waals surface area (Å²) < 4.78 is 0. The predicted molar refractivity (Wildman–Crippen MR) is 69.2 cm³/mol. The zero-order valence-electron chi connectivity index (χ0n) is 11.5. The van der Waals surface area contributed by atoms with Crippen LogP contribution < -0.4 is 0 Å². The molecule has 1 saturated heterocycles. The van der Waals surface area contributed by atoms with Crippen molar-refractivity contribution < 1.29 is 9.90 Å². The largest absolute Gasteiger partial charge is 0.481 e. The molecule has 1 N–H and O–H groups in total. The Morgan fingerprint density at radius 1 is 1.59 bits per heavy atom. The van der Waals surface area contributed by atoms with Crippen LogP contribution in [0.5, 0.6) is 0 Å². The number of rotatable bonds is 5. The molecule has 3 atom stereocenters. The highest BCUT2D eigenvalue weighted by atomic mass is 16.4. The maximum absolute atomic E-state index is 10.8. The first-order chi connectivity index (χ1) is 7.95. The van der Waals surface area contributed by atoms with E-state index in [1.165, 1.54) is 0 Å². The Hall–Kier alpha value is -0.610. The maximum atomic E-state index is 10.8. The molecule has 0 saturated carbocycles. The van der Waals surface area contributed by atoms with E-state index in [2.05, 4.69) is 30.7 Å². The lowest BCUT2D eigenvalue weighted by Gasteiger charge is -2.42. The van der Waals surface area contributed by atoms with Gasteiger partial charge in [0.1, 0.15) is 0 Å². The highest BCUT2D eigenvalue weighted by molar-refractivity contribution is 5.67. The number of carboxylic acid groups (broad SMARTS) is 1. The molecule has 1 fully saturated rings. The molecule has 0 amide bonds. The number of aliphatic carboxylic acids is 1. The van der Waals surface area contributed by atoms with E-state index in [1.54, 1.807) is 0 Å². The van der Waals surface area contributed by atoms with Crippen LogP contribution in [-0.4, -0.2) is 59.1 Å². The van der Waals surface area contributed by atoms with Crippen LogP contribution in [-0.2, 0) is 4.79 Å². The summed E-state index contributed by atoms with van der Waals surface area (Å²) in [5.41, 5.74) is 0. The summed E-state index contributed by atoms with van der Waals surface area (Å²) in [4.78, 5) is 15.5. The molecule has 0 bridgehead atoms. The normalized spacial score (nSPS) is 28.3. The van der Waals surface area contributed by atoms with Gasteiger partial charge in [-0.25, -0.2) is 0 Å². The molecular formula is C13H26N2O2. The number of carbonyl (C=O) groups is 1. The molecular weight excluding hydrogens is 216 g/mol. The topological polar surface area (TPSA) is 43.8 Å². The Balaban J connectivity index is 2.58. The van der Waals surface area contributed by atoms with Gasteiger partial charge in [0.05, 0.1) is 6.42 Å². The van der Waals surface area contributed by atoms with Gasteiger partial charge in [-0.15, -0.1) is 0 Å². The minimum atomic E-state index is -0.697. The Labute approximate surface area is 105 Å². The third-order valence-electron chi connectivity index (χ3n) is 4.05. The molecule has 100 valence electrons. The van der Waals surface area contributed by atoms with E-state index < -0.39 is 5.97 Å². The first kappa shape index (κ1) is 14.5. The van der Waals surface area contributed by atoms with Crippen LogP contribution in [0.3, 0.4) is 0 Å². The van der Waals surface area contributed by atoms with E-state index in [4.69, 9.17) is 5.11 Å². The van der Waals surface area contributed by atoms with Gasteiger partial charge in [0.15, 0.2) is 0 Å². The molecule has 17 heavy (non-hydrogen) atoms. The summed E-state index contributed by atoms with van der Waals surface area (Å²) in [6, 6.07) is 1.28. The van der Waals surface area contributed by atoms with Crippen LogP contribution in [0.4, 0.5) is 0 Å². The van der Waals surface area contributed by atoms with E-state index in [0.29, 0.717) is 12.1 Å². The van der Waals surface area contributed by atoms with Gasteiger partial charge >= 0.3 is 5.97 Å². The molecule has 1 heterocycles. The van der Waals surface area contributed by atoms with Crippen molar-refractivity contribution in [1.82, 2.24) is 9.80 Å². The number of hydrogen-bond donors (Lipinski definition) is 1. The van der Waals surface area contributed by atoms with E-state index in [0.717, 1.165) is 25.9 Å². The lowest BCUT2D eigenvalue weighted by atomic mass is 9.95. The molecule has 0 aromatic rings. The van der Waals surface area contributed by atoms with Crippen molar-refractivity contribution in [3.05, 3.63) is 0 Å². The van der Waals surface area contributed by atoms with Gasteiger partial charge in [-0.2, -0.15) is 0 Å². The smallest absolute Gasteiger partial charge is 0.304 e. The van der Waals surface area contributed by atoms with Crippen molar-refractivity contribution >= 4 is 5.97 Å². The standard InChI is InChI=1S/C13H26N2O2/c1-5-15(11(3)9-13(16)17)12-6-7-14(4)10(2)8-12/h10-12H,5-9H2,1-4H3,(H,16,17). The molecule has 4 heteroatoms. The lowest BCUT2D eigenvalue weighted by molar-refractivity contribution is -0.138. The van der Waals surface area contributed by atoms with Crippen molar-refractivity contribution in [2.75, 3.05) is 20.1 Å². The average molecular weight is 242 g/mol. The number of hydrogen-bond acceptors (Lipinski definition) is 3. The molecule has 0 aromatic carbocycles. The molecule has 0 spiro atoms. The summed E-state index contributed by atoms with van der Waals surface area (Å²) in [7, 11) is 2.16. The van der Waals surface area contributed by atoms with Gasteiger partial charge < -0.3 is 10.0 Å². The minimum absolute atomic E-state index is 0.137. The van der Waals surface area contributed by atoms with Crippen LogP contribution in [0.25, 0.3) is 0 Å². The SMILES string of the molecule is CCN(C(C)CC(=O)O)C1CCN(C)C(C)C1. The number of piperidine rings is 1. The van der Waals surface area contributed by atoms with E-state index in [9.17, 15) is 4.79 Å². The zero-order chi connectivity index (χ0) is 13.0. The molecule has 0 aromatic heterocycles. The third kappa shape index (κ3) is 3.96. The van der Waals surface area contributed by atoms with Crippen molar-refractivity contribution in [2.45, 2.75) is 58.2 Å². The van der Waals surface area contributed by atoms with Crippen molar-refractivity contribution in [1.29, 1.82) is 0 Å². The van der Waals surface area contributed by atoms with Crippen LogP contribution in [0.1, 0.15) is 40.0 Å². The van der Waals surface area contributed by atoms with Gasteiger partial charge in [-0.1, -0.05) is 6.92 Å². The Bertz CT molecular complexity index is 258. The molecule has 1 rings (SSSR count). The van der Waals surface area contributed by atoms with Crippen LogP contribution in [0, 0.1) is 0 Å². The minimum Gasteiger partial charge on any atom is -0.481 e. The number of carboxylic acids is 1. The van der Waals surface area contributed by atoms with Gasteiger partial charge in [0.2, 0.25) is 0 Å². The van der Waals surface area contributed by atoms with E-state index >= 15 is 0 Å². The summed E-state index contributed by atoms with van der Waals surface area (Å²) in [5.74, 6) is -0.697. The zero-order valence-corrected chi connectivity index (χ0v) is 11.5. The number of nitrogens with zero attached hydrogens (tertiary/aromatic N) is 2. The maximum Gasteiger partial charge on any atom is 0.304 e. The quantitative estimate of drug-likeness (QED) is 0.796. The molecule has 0 aliphatic carbocycles. The van der Waals surface area contributed by atoms with Gasteiger partial charge in [-0.05, 0) is 46.8 Å². The highest BCUT2D eigenvalue weighted by Crippen LogP contribution is 2.22. The van der Waals surface area contributed by atoms with Crippen molar-refractivity contribution in [3.63, 3.8) is 0 Å². The van der Waals surface area contributed by atoms with E-state index in [-0.39, 0.29) is 12.5 Å². The summed E-state index contributed by atoms with van der Waals surface area (Å²) in [5, 5.41) is 8.89. The molecule has 0 radical (unpaired) electrons. The second kappa shape index (κ2) is 6.36. The third-order valence-corrected chi connectivity index (χ3v) is 4.05. The molecule has 3 unspecified atom stereocenters. The fourth-order valence-electron chi connectivity index (χ4n) is 2.87. The molecule has 1 aliphatic heterocycles. The summed E-state index contributed by atoms with van der Waals surface area (Å²) in [6.07, 6.45) is 2.54. The fraction of sp³-hybridized carbons (Fsp3) is 0.923. The van der Waals surface area contributed by atoms with E-state index in [1.807, 2.05) is 6.92 Å². The highest BCUT2D eigenvalue weighted by Gasteiger charge is 2.29. The lowest BCUT2D eigenvalue weighted by Crippen LogP contribution is -2.50. The second-order valence-corrected chi connectivity index (χ2v) is 5.29. The Morgan fingerprint density at radius 3 is 2.71 bits per heavy atom. The van der Waals surface area contributed by atoms with Crippen LogP contribution >= 0.6 is 0 Å². The number of likely N-dealkylation sites (tertiary alicyclic amines) is 1. The summed E-state index contributed by atoms with van der Waals surface area (Å²) >= 11 is 0. The summed E-state index contributed by atoms with van der Waals surface area (Å²) in [6.45, 7) is 8.46. The van der Waals surface area contributed by atoms with Gasteiger partial charge in [0.25, 0.3) is 0 Å². The predicted octanol–water partition coefficient (Wildman–Crippen LogP) is 1.65. The van der Waals surface area contributed by atoms with Crippen LogP contribution in [0.15, 0.2) is 0 Å². The Morgan fingerprint density at radius 2 is 2.24 bits per heavy atom. The Kier molecular flexibility index (Phi) is 5.40. The van der Waals surface area contributed by atoms with Gasteiger partial charge in [-0.3, -0.25) is 9.69 Å². The first-order valence-electron chi connectivity index (χ1n) is 6.63. The van der Waals surface area contributed by atoms with Gasteiger partial charge in [0, 0.05) is 18.1 Å². The fourth-order valence-corrected chi connectivity index (χ4v) is 2.87. The molecule has 4 nitrogen and oxygen atoms in total. The monoisotopic (exact) mass is 242 g/mol. The second-order valence-electron chi connectivity index (χ2n) is 5.29.